The lowest BCUT2D eigenvalue weighted by atomic mass is 9.91. The number of nitriles is 1. The van der Waals surface area contributed by atoms with Gasteiger partial charge in [-0.2, -0.15) is 5.26 Å². The van der Waals surface area contributed by atoms with Crippen molar-refractivity contribution in [2.75, 3.05) is 11.9 Å². The predicted molar refractivity (Wildman–Crippen MR) is 69.2 cm³/mol. The predicted octanol–water partition coefficient (Wildman–Crippen LogP) is 2.40. The molecule has 1 heterocycles. The van der Waals surface area contributed by atoms with E-state index in [0.717, 1.165) is 18.5 Å². The molecular formula is C15H16N2O. The van der Waals surface area contributed by atoms with Gasteiger partial charge in [0.25, 0.3) is 0 Å². The number of aryl methyl sites for hydroxylation is 1. The molecule has 92 valence electrons. The van der Waals surface area contributed by atoms with E-state index in [1.807, 2.05) is 13.1 Å². The van der Waals surface area contributed by atoms with E-state index in [1.54, 1.807) is 4.90 Å². The molecule has 2 aliphatic rings. The number of hydrogen-bond acceptors (Lipinski definition) is 2. The van der Waals surface area contributed by atoms with Gasteiger partial charge in [-0.05, 0) is 30.0 Å². The van der Waals surface area contributed by atoms with Crippen LogP contribution in [0.15, 0.2) is 18.2 Å². The van der Waals surface area contributed by atoms with Crippen LogP contribution in [0.5, 0.6) is 0 Å². The van der Waals surface area contributed by atoms with E-state index in [9.17, 15) is 4.79 Å². The van der Waals surface area contributed by atoms with E-state index >= 15 is 0 Å². The lowest BCUT2D eigenvalue weighted by Crippen LogP contribution is -2.31. The number of carbonyl (C=O) groups is 1. The van der Waals surface area contributed by atoms with E-state index in [2.05, 4.69) is 25.1 Å². The van der Waals surface area contributed by atoms with E-state index in [0.29, 0.717) is 6.42 Å². The molecule has 3 nitrogen and oxygen atoms in total. The molecule has 3 rings (SSSR count). The molecule has 0 N–H and O–H groups in total. The van der Waals surface area contributed by atoms with Crippen molar-refractivity contribution in [3.05, 3.63) is 29.3 Å². The number of carbonyl (C=O) groups excluding carboxylic acids is 1. The Kier molecular flexibility index (Phi) is 2.25. The first-order chi connectivity index (χ1) is 8.56. The van der Waals surface area contributed by atoms with E-state index in [4.69, 9.17) is 5.26 Å². The monoisotopic (exact) mass is 240 g/mol. The zero-order valence-electron chi connectivity index (χ0n) is 10.7. The van der Waals surface area contributed by atoms with Crippen molar-refractivity contribution >= 4 is 11.6 Å². The Morgan fingerprint density at radius 2 is 2.22 bits per heavy atom. The molecule has 1 aliphatic heterocycles. The summed E-state index contributed by atoms with van der Waals surface area (Å²) in [6.45, 7) is 2.15. The highest BCUT2D eigenvalue weighted by atomic mass is 16.2. The average Bonchev–Trinajstić information content (AvgIpc) is 3.06. The first-order valence-corrected chi connectivity index (χ1v) is 6.36. The Hall–Kier alpha value is -1.82. The largest absolute Gasteiger partial charge is 0.315 e. The molecule has 1 aromatic rings. The molecule has 0 radical (unpaired) electrons. The summed E-state index contributed by atoms with van der Waals surface area (Å²) in [4.78, 5) is 13.4. The van der Waals surface area contributed by atoms with Gasteiger partial charge >= 0.3 is 0 Å². The lowest BCUT2D eigenvalue weighted by Gasteiger charge is -2.27. The maximum absolute atomic E-state index is 11.6. The fourth-order valence-electron chi connectivity index (χ4n) is 2.88. The summed E-state index contributed by atoms with van der Waals surface area (Å²) in [6, 6.07) is 8.65. The van der Waals surface area contributed by atoms with Crippen LogP contribution in [-0.4, -0.2) is 13.0 Å². The normalized spacial score (nSPS) is 29.7. The molecule has 18 heavy (non-hydrogen) atoms. The second kappa shape index (κ2) is 3.58. The van der Waals surface area contributed by atoms with Crippen molar-refractivity contribution in [3.63, 3.8) is 0 Å². The van der Waals surface area contributed by atoms with Gasteiger partial charge in [0.05, 0.1) is 12.0 Å². The number of fused-ring (bicyclic) bond motifs is 1. The summed E-state index contributed by atoms with van der Waals surface area (Å²) in [5, 5.41) is 9.02. The topological polar surface area (TPSA) is 44.1 Å². The van der Waals surface area contributed by atoms with Crippen molar-refractivity contribution in [2.24, 2.45) is 5.92 Å². The van der Waals surface area contributed by atoms with Gasteiger partial charge in [0, 0.05) is 24.6 Å². The third-order valence-electron chi connectivity index (χ3n) is 4.48. The zero-order chi connectivity index (χ0) is 12.9. The van der Waals surface area contributed by atoms with Crippen LogP contribution < -0.4 is 4.90 Å². The molecule has 1 fully saturated rings. The van der Waals surface area contributed by atoms with Gasteiger partial charge in [-0.1, -0.05) is 19.1 Å². The minimum atomic E-state index is 0.0316. The summed E-state index contributed by atoms with van der Waals surface area (Å²) < 4.78 is 0. The number of hydrogen-bond donors (Lipinski definition) is 0. The fraction of sp³-hybridized carbons (Fsp3) is 0.467. The minimum absolute atomic E-state index is 0.0316. The van der Waals surface area contributed by atoms with E-state index < -0.39 is 0 Å². The zero-order valence-corrected chi connectivity index (χ0v) is 10.7. The van der Waals surface area contributed by atoms with Crippen LogP contribution in [0.3, 0.4) is 0 Å². The van der Waals surface area contributed by atoms with Crippen molar-refractivity contribution in [1.82, 2.24) is 0 Å². The standard InChI is InChI=1S/C15H16N2O/c1-15(8-12(15)9-16)11-4-5-13-10(7-11)3-6-14(18)17(13)2/h4-5,7,12H,3,6,8H2,1-2H3. The first kappa shape index (κ1) is 11.3. The van der Waals surface area contributed by atoms with Crippen LogP contribution >= 0.6 is 0 Å². The van der Waals surface area contributed by atoms with Crippen molar-refractivity contribution in [2.45, 2.75) is 31.6 Å². The fourth-order valence-corrected chi connectivity index (χ4v) is 2.88. The third-order valence-corrected chi connectivity index (χ3v) is 4.48. The minimum Gasteiger partial charge on any atom is -0.315 e. The molecule has 2 unspecified atom stereocenters. The SMILES string of the molecule is CN1C(=O)CCc2cc(C3(C)CC3C#N)ccc21. The lowest BCUT2D eigenvalue weighted by molar-refractivity contribution is -0.118. The van der Waals surface area contributed by atoms with E-state index in [-0.39, 0.29) is 17.2 Å². The molecule has 0 bridgehead atoms. The summed E-state index contributed by atoms with van der Waals surface area (Å²) >= 11 is 0. The Morgan fingerprint density at radius 3 is 2.89 bits per heavy atom. The van der Waals surface area contributed by atoms with E-state index in [1.165, 1.54) is 11.1 Å². The van der Waals surface area contributed by atoms with Gasteiger partial charge in [-0.3, -0.25) is 4.79 Å². The Labute approximate surface area is 107 Å². The van der Waals surface area contributed by atoms with Gasteiger partial charge in [-0.25, -0.2) is 0 Å². The van der Waals surface area contributed by atoms with Crippen LogP contribution in [0, 0.1) is 17.2 Å². The van der Waals surface area contributed by atoms with Crippen LogP contribution in [0.4, 0.5) is 5.69 Å². The van der Waals surface area contributed by atoms with Crippen molar-refractivity contribution in [1.29, 1.82) is 5.26 Å². The molecule has 0 saturated heterocycles. The smallest absolute Gasteiger partial charge is 0.227 e. The number of anilines is 1. The number of nitrogens with zero attached hydrogens (tertiary/aromatic N) is 2. The summed E-state index contributed by atoms with van der Waals surface area (Å²) in [7, 11) is 1.83. The second-order valence-corrected chi connectivity index (χ2v) is 5.60. The van der Waals surface area contributed by atoms with Gasteiger partial charge in [0.2, 0.25) is 5.91 Å². The average molecular weight is 240 g/mol. The van der Waals surface area contributed by atoms with Gasteiger partial charge in [0.15, 0.2) is 0 Å². The molecule has 0 aromatic heterocycles. The van der Waals surface area contributed by atoms with Crippen molar-refractivity contribution < 1.29 is 4.79 Å². The molecule has 1 aromatic carbocycles. The highest BCUT2D eigenvalue weighted by Gasteiger charge is 2.51. The van der Waals surface area contributed by atoms with Crippen LogP contribution in [0.25, 0.3) is 0 Å². The highest BCUT2D eigenvalue weighted by Crippen LogP contribution is 2.54. The molecule has 1 amide bonds. The van der Waals surface area contributed by atoms with Gasteiger partial charge in [0.1, 0.15) is 0 Å². The van der Waals surface area contributed by atoms with Crippen molar-refractivity contribution in [3.8, 4) is 6.07 Å². The summed E-state index contributed by atoms with van der Waals surface area (Å²) in [5.41, 5.74) is 3.53. The maximum atomic E-state index is 11.6. The summed E-state index contributed by atoms with van der Waals surface area (Å²) in [5.74, 6) is 0.335. The second-order valence-electron chi connectivity index (χ2n) is 5.60. The highest BCUT2D eigenvalue weighted by molar-refractivity contribution is 5.95. The molecule has 0 spiro atoms. The number of rotatable bonds is 1. The van der Waals surface area contributed by atoms with Gasteiger partial charge < -0.3 is 4.90 Å². The number of benzene rings is 1. The Bertz CT molecular complexity index is 572. The molecular weight excluding hydrogens is 224 g/mol. The molecule has 1 aliphatic carbocycles. The first-order valence-electron chi connectivity index (χ1n) is 6.36. The molecule has 1 saturated carbocycles. The maximum Gasteiger partial charge on any atom is 0.227 e. The van der Waals surface area contributed by atoms with Crippen LogP contribution in [-0.2, 0) is 16.6 Å². The Morgan fingerprint density at radius 1 is 1.44 bits per heavy atom. The third kappa shape index (κ3) is 1.45. The van der Waals surface area contributed by atoms with Gasteiger partial charge in [-0.15, -0.1) is 0 Å². The quantitative estimate of drug-likeness (QED) is 0.756. The molecule has 2 atom stereocenters. The van der Waals surface area contributed by atoms with Crippen LogP contribution in [0.2, 0.25) is 0 Å². The molecule has 3 heteroatoms. The Balaban J connectivity index is 1.99. The number of amides is 1. The summed E-state index contributed by atoms with van der Waals surface area (Å²) in [6.07, 6.45) is 2.36. The van der Waals surface area contributed by atoms with Crippen LogP contribution in [0.1, 0.15) is 30.9 Å².